The molecule has 5 nitrogen and oxygen atoms in total. The minimum Gasteiger partial charge on any atom is -0.485 e. The Labute approximate surface area is 205 Å². The largest absolute Gasteiger partial charge is 0.485 e. The van der Waals surface area contributed by atoms with Gasteiger partial charge in [0.25, 0.3) is 0 Å². The van der Waals surface area contributed by atoms with Crippen LogP contribution >= 0.6 is 0 Å². The van der Waals surface area contributed by atoms with Crippen molar-refractivity contribution in [1.82, 2.24) is 0 Å². The van der Waals surface area contributed by atoms with Gasteiger partial charge in [0.2, 0.25) is 5.75 Å². The molecule has 0 spiro atoms. The number of aryl methyl sites for hydroxylation is 1. The zero-order valence-corrected chi connectivity index (χ0v) is 19.4. The number of carbonyl (C=O) groups is 1. The zero-order valence-electron chi connectivity index (χ0n) is 19.4. The summed E-state index contributed by atoms with van der Waals surface area (Å²) in [6.45, 7) is 1.05. The Morgan fingerprint density at radius 3 is 1.37 bits per heavy atom. The minimum absolute atomic E-state index is 0.0144. The molecule has 0 aliphatic heterocycles. The number of aliphatic carboxylic acids is 1. The molecule has 0 heterocycles. The highest BCUT2D eigenvalue weighted by molar-refractivity contribution is 5.67. The van der Waals surface area contributed by atoms with Crippen LogP contribution in [-0.2, 0) is 31.0 Å². The number of ether oxygens (including phenoxy) is 3. The summed E-state index contributed by atoms with van der Waals surface area (Å²) in [5.74, 6) is 0.694. The summed E-state index contributed by atoms with van der Waals surface area (Å²) in [6.07, 6.45) is 0.373. The molecule has 4 aromatic carbocycles. The Balaban J connectivity index is 1.65. The molecular formula is C30H28O5. The summed E-state index contributed by atoms with van der Waals surface area (Å²) in [6, 6.07) is 33.3. The average molecular weight is 469 g/mol. The van der Waals surface area contributed by atoms with E-state index in [1.165, 1.54) is 0 Å². The predicted octanol–water partition coefficient (Wildman–Crippen LogP) is 6.44. The fourth-order valence-electron chi connectivity index (χ4n) is 3.58. The van der Waals surface area contributed by atoms with E-state index in [0.29, 0.717) is 43.5 Å². The third-order valence-electron chi connectivity index (χ3n) is 5.41. The second kappa shape index (κ2) is 12.3. The molecule has 0 atom stereocenters. The summed E-state index contributed by atoms with van der Waals surface area (Å²) >= 11 is 0. The molecule has 4 rings (SSSR count). The molecule has 35 heavy (non-hydrogen) atoms. The van der Waals surface area contributed by atoms with Crippen LogP contribution in [-0.4, -0.2) is 11.1 Å². The second-order valence-corrected chi connectivity index (χ2v) is 8.14. The summed E-state index contributed by atoms with van der Waals surface area (Å²) in [4.78, 5) is 11.2. The van der Waals surface area contributed by atoms with E-state index in [4.69, 9.17) is 14.2 Å². The monoisotopic (exact) mass is 468 g/mol. The number of carboxylic acids is 1. The molecule has 0 bridgehead atoms. The van der Waals surface area contributed by atoms with Crippen molar-refractivity contribution in [3.63, 3.8) is 0 Å². The Morgan fingerprint density at radius 2 is 0.971 bits per heavy atom. The van der Waals surface area contributed by atoms with Crippen molar-refractivity contribution in [2.45, 2.75) is 32.7 Å². The molecule has 4 aromatic rings. The fourth-order valence-corrected chi connectivity index (χ4v) is 3.58. The first kappa shape index (κ1) is 23.9. The van der Waals surface area contributed by atoms with E-state index >= 15 is 0 Å². The van der Waals surface area contributed by atoms with Crippen LogP contribution in [0.3, 0.4) is 0 Å². The summed E-state index contributed by atoms with van der Waals surface area (Å²) < 4.78 is 18.6. The van der Waals surface area contributed by atoms with Gasteiger partial charge in [0.1, 0.15) is 19.8 Å². The maximum absolute atomic E-state index is 11.2. The van der Waals surface area contributed by atoms with Crippen LogP contribution in [0.25, 0.3) is 0 Å². The van der Waals surface area contributed by atoms with E-state index in [9.17, 15) is 9.90 Å². The first-order valence-electron chi connectivity index (χ1n) is 11.6. The Morgan fingerprint density at radius 1 is 0.571 bits per heavy atom. The maximum Gasteiger partial charge on any atom is 0.303 e. The van der Waals surface area contributed by atoms with Crippen LogP contribution < -0.4 is 14.2 Å². The number of carboxylic acid groups (broad SMARTS) is 1. The van der Waals surface area contributed by atoms with E-state index in [0.717, 1.165) is 22.3 Å². The number of hydrogen-bond acceptors (Lipinski definition) is 4. The van der Waals surface area contributed by atoms with Gasteiger partial charge in [-0.05, 0) is 40.8 Å². The van der Waals surface area contributed by atoms with Gasteiger partial charge in [0.15, 0.2) is 11.5 Å². The maximum atomic E-state index is 11.2. The molecule has 0 aromatic heterocycles. The van der Waals surface area contributed by atoms with Crippen molar-refractivity contribution >= 4 is 5.97 Å². The first-order chi connectivity index (χ1) is 17.2. The van der Waals surface area contributed by atoms with Crippen LogP contribution in [0.15, 0.2) is 103 Å². The normalized spacial score (nSPS) is 10.5. The molecule has 0 fully saturated rings. The van der Waals surface area contributed by atoms with E-state index in [1.54, 1.807) is 0 Å². The molecular weight excluding hydrogens is 440 g/mol. The second-order valence-electron chi connectivity index (χ2n) is 8.14. The lowest BCUT2D eigenvalue weighted by molar-refractivity contribution is -0.136. The van der Waals surface area contributed by atoms with E-state index in [1.807, 2.05) is 103 Å². The summed E-state index contributed by atoms with van der Waals surface area (Å²) in [5.41, 5.74) is 3.87. The topological polar surface area (TPSA) is 65.0 Å². The Kier molecular flexibility index (Phi) is 8.38. The van der Waals surface area contributed by atoms with Crippen molar-refractivity contribution in [3.05, 3.63) is 125 Å². The van der Waals surface area contributed by atoms with Crippen LogP contribution in [0.2, 0.25) is 0 Å². The number of rotatable bonds is 12. The lowest BCUT2D eigenvalue weighted by Gasteiger charge is -2.19. The standard InChI is InChI=1S/C30H28O5/c31-29(32)17-16-26-18-27(33-20-23-10-4-1-5-11-23)30(35-22-25-14-8-3-9-15-25)28(19-26)34-21-24-12-6-2-7-13-24/h1-15,18-19H,16-17,20-22H2,(H,31,32). The Bertz CT molecular complexity index is 1140. The minimum atomic E-state index is -0.854. The average Bonchev–Trinajstić information content (AvgIpc) is 2.90. The van der Waals surface area contributed by atoms with Gasteiger partial charge >= 0.3 is 5.97 Å². The molecule has 0 aliphatic carbocycles. The highest BCUT2D eigenvalue weighted by Gasteiger charge is 2.17. The molecule has 0 aliphatic rings. The quantitative estimate of drug-likeness (QED) is 0.259. The van der Waals surface area contributed by atoms with Gasteiger partial charge in [-0.3, -0.25) is 4.79 Å². The van der Waals surface area contributed by atoms with Crippen LogP contribution in [0.5, 0.6) is 17.2 Å². The van der Waals surface area contributed by atoms with Crippen molar-refractivity contribution in [1.29, 1.82) is 0 Å². The zero-order chi connectivity index (χ0) is 24.3. The van der Waals surface area contributed by atoms with Crippen LogP contribution in [0.4, 0.5) is 0 Å². The lowest BCUT2D eigenvalue weighted by atomic mass is 10.1. The molecule has 0 radical (unpaired) electrons. The molecule has 178 valence electrons. The van der Waals surface area contributed by atoms with Gasteiger partial charge < -0.3 is 19.3 Å². The van der Waals surface area contributed by atoms with Gasteiger partial charge in [-0.15, -0.1) is 0 Å². The van der Waals surface area contributed by atoms with Crippen LogP contribution in [0, 0.1) is 0 Å². The van der Waals surface area contributed by atoms with Crippen molar-refractivity contribution in [2.24, 2.45) is 0 Å². The van der Waals surface area contributed by atoms with Crippen molar-refractivity contribution in [2.75, 3.05) is 0 Å². The number of benzene rings is 4. The van der Waals surface area contributed by atoms with Gasteiger partial charge in [-0.1, -0.05) is 91.0 Å². The molecule has 1 N–H and O–H groups in total. The molecule has 0 saturated heterocycles. The SMILES string of the molecule is O=C(O)CCc1cc(OCc2ccccc2)c(OCc2ccccc2)c(OCc2ccccc2)c1. The highest BCUT2D eigenvalue weighted by atomic mass is 16.5. The van der Waals surface area contributed by atoms with Crippen molar-refractivity contribution in [3.8, 4) is 17.2 Å². The van der Waals surface area contributed by atoms with Crippen molar-refractivity contribution < 1.29 is 24.1 Å². The molecule has 0 unspecified atom stereocenters. The molecule has 5 heteroatoms. The third-order valence-corrected chi connectivity index (χ3v) is 5.41. The van der Waals surface area contributed by atoms with E-state index in [-0.39, 0.29) is 6.42 Å². The lowest BCUT2D eigenvalue weighted by Crippen LogP contribution is -2.06. The van der Waals surface area contributed by atoms with Gasteiger partial charge in [0, 0.05) is 6.42 Å². The first-order valence-corrected chi connectivity index (χ1v) is 11.6. The third kappa shape index (κ3) is 7.37. The summed E-state index contributed by atoms with van der Waals surface area (Å²) in [7, 11) is 0. The highest BCUT2D eigenvalue weighted by Crippen LogP contribution is 2.40. The predicted molar refractivity (Wildman–Crippen MR) is 135 cm³/mol. The van der Waals surface area contributed by atoms with Gasteiger partial charge in [-0.25, -0.2) is 0 Å². The Hall–Kier alpha value is -4.25. The fraction of sp³-hybridized carbons (Fsp3) is 0.167. The smallest absolute Gasteiger partial charge is 0.303 e. The number of hydrogen-bond donors (Lipinski definition) is 1. The van der Waals surface area contributed by atoms with Gasteiger partial charge in [-0.2, -0.15) is 0 Å². The van der Waals surface area contributed by atoms with Gasteiger partial charge in [0.05, 0.1) is 0 Å². The van der Waals surface area contributed by atoms with E-state index in [2.05, 4.69) is 0 Å². The summed E-state index contributed by atoms with van der Waals surface area (Å²) in [5, 5.41) is 9.20. The van der Waals surface area contributed by atoms with E-state index < -0.39 is 5.97 Å². The van der Waals surface area contributed by atoms with Crippen LogP contribution in [0.1, 0.15) is 28.7 Å². The molecule has 0 amide bonds. The molecule has 0 saturated carbocycles.